The Morgan fingerprint density at radius 2 is 2.33 bits per heavy atom. The molecule has 0 radical (unpaired) electrons. The normalized spacial score (nSPS) is 28.3. The van der Waals surface area contributed by atoms with Crippen molar-refractivity contribution in [1.82, 2.24) is 4.90 Å². The van der Waals surface area contributed by atoms with Gasteiger partial charge in [0.25, 0.3) is 0 Å². The van der Waals surface area contributed by atoms with E-state index in [1.807, 2.05) is 11.8 Å². The zero-order chi connectivity index (χ0) is 11.5. The maximum absolute atomic E-state index is 11.2. The summed E-state index contributed by atoms with van der Waals surface area (Å²) in [6.45, 7) is 3.78. The van der Waals surface area contributed by atoms with Crippen molar-refractivity contribution in [3.05, 3.63) is 10.6 Å². The Morgan fingerprint density at radius 3 is 2.73 bits per heavy atom. The molecule has 1 saturated heterocycles. The molecule has 0 aliphatic carbocycles. The summed E-state index contributed by atoms with van der Waals surface area (Å²) in [5.41, 5.74) is 0.734. The molecule has 1 rings (SSSR count). The zero-order valence-electron chi connectivity index (χ0n) is 8.67. The average Bonchev–Trinajstić information content (AvgIpc) is 2.62. The van der Waals surface area contributed by atoms with Crippen molar-refractivity contribution in [2.45, 2.75) is 19.8 Å². The number of carboxylic acid groups (broad SMARTS) is 1. The Kier molecular flexibility index (Phi) is 4.44. The Labute approximate surface area is 99.7 Å². The second-order valence-corrected chi connectivity index (χ2v) is 4.66. The van der Waals surface area contributed by atoms with E-state index in [4.69, 9.17) is 23.2 Å². The smallest absolute Gasteiger partial charge is 0.310 e. The van der Waals surface area contributed by atoms with Gasteiger partial charge in [0.15, 0.2) is 0 Å². The first kappa shape index (κ1) is 12.8. The van der Waals surface area contributed by atoms with Crippen LogP contribution >= 0.6 is 23.2 Å². The summed E-state index contributed by atoms with van der Waals surface area (Å²) >= 11 is 11.3. The molecule has 1 aliphatic rings. The molecule has 0 aromatic rings. The minimum Gasteiger partial charge on any atom is -0.481 e. The van der Waals surface area contributed by atoms with Gasteiger partial charge in [-0.2, -0.15) is 0 Å². The van der Waals surface area contributed by atoms with Crippen molar-refractivity contribution < 1.29 is 9.90 Å². The zero-order valence-corrected chi connectivity index (χ0v) is 10.2. The van der Waals surface area contributed by atoms with Gasteiger partial charge in [0.2, 0.25) is 0 Å². The number of hydrogen-bond donors (Lipinski definition) is 1. The van der Waals surface area contributed by atoms with E-state index in [-0.39, 0.29) is 0 Å². The third-order valence-corrected chi connectivity index (χ3v) is 3.66. The lowest BCUT2D eigenvalue weighted by molar-refractivity contribution is -0.148. The van der Waals surface area contributed by atoms with Crippen LogP contribution in [0.4, 0.5) is 0 Å². The van der Waals surface area contributed by atoms with Crippen LogP contribution in [-0.2, 0) is 4.79 Å². The van der Waals surface area contributed by atoms with Gasteiger partial charge < -0.3 is 5.11 Å². The highest BCUT2D eigenvalue weighted by Crippen LogP contribution is 2.34. The van der Waals surface area contributed by atoms with Crippen LogP contribution in [0, 0.1) is 5.41 Å². The highest BCUT2D eigenvalue weighted by atomic mass is 35.5. The van der Waals surface area contributed by atoms with Crippen LogP contribution in [-0.4, -0.2) is 35.6 Å². The van der Waals surface area contributed by atoms with Gasteiger partial charge in [-0.1, -0.05) is 30.1 Å². The molecule has 0 saturated carbocycles. The monoisotopic (exact) mass is 251 g/mol. The number of carboxylic acids is 1. The maximum atomic E-state index is 11.2. The topological polar surface area (TPSA) is 40.5 Å². The molecule has 0 spiro atoms. The predicted molar refractivity (Wildman–Crippen MR) is 61.2 cm³/mol. The quantitative estimate of drug-likeness (QED) is 0.835. The molecular formula is C10H15Cl2NO2. The van der Waals surface area contributed by atoms with Gasteiger partial charge in [-0.05, 0) is 19.4 Å². The first-order valence-corrected chi connectivity index (χ1v) is 5.76. The minimum absolute atomic E-state index is 0.542. The molecule has 0 aromatic carbocycles. The molecule has 0 amide bonds. The van der Waals surface area contributed by atoms with Crippen molar-refractivity contribution in [2.24, 2.45) is 5.41 Å². The van der Waals surface area contributed by atoms with Crippen LogP contribution < -0.4 is 0 Å². The highest BCUT2D eigenvalue weighted by molar-refractivity contribution is 6.36. The summed E-state index contributed by atoms with van der Waals surface area (Å²) in [5, 5.41) is 9.72. The van der Waals surface area contributed by atoms with Crippen LogP contribution in [0.2, 0.25) is 0 Å². The van der Waals surface area contributed by atoms with E-state index in [0.29, 0.717) is 31.0 Å². The maximum Gasteiger partial charge on any atom is 0.310 e. The second-order valence-electron chi connectivity index (χ2n) is 3.96. The molecule has 3 nitrogen and oxygen atoms in total. The molecule has 1 heterocycles. The van der Waals surface area contributed by atoms with Crippen LogP contribution in [0.5, 0.6) is 0 Å². The van der Waals surface area contributed by atoms with E-state index in [1.54, 1.807) is 0 Å². The van der Waals surface area contributed by atoms with E-state index >= 15 is 0 Å². The summed E-state index contributed by atoms with van der Waals surface area (Å²) in [6, 6.07) is 0. The minimum atomic E-state index is -0.710. The first-order chi connectivity index (χ1) is 7.04. The third kappa shape index (κ3) is 2.86. The summed E-state index contributed by atoms with van der Waals surface area (Å²) in [5.74, 6) is -0.710. The standard InChI is InChI=1S/C10H15Cl2NO2/c1-2-10(9(14)15)3-4-13(7-10)6-8(12)5-11/h5H,2-4,6-7H2,1H3,(H,14,15). The Balaban J connectivity index is 2.61. The van der Waals surface area contributed by atoms with Crippen LogP contribution in [0.3, 0.4) is 0 Å². The van der Waals surface area contributed by atoms with Crippen molar-refractivity contribution >= 4 is 29.2 Å². The lowest BCUT2D eigenvalue weighted by atomic mass is 9.84. The molecule has 1 N–H and O–H groups in total. The Bertz CT molecular complexity index is 281. The molecule has 5 heteroatoms. The molecule has 1 aliphatic heterocycles. The van der Waals surface area contributed by atoms with Gasteiger partial charge in [0.05, 0.1) is 5.41 Å². The van der Waals surface area contributed by atoms with Gasteiger partial charge in [-0.25, -0.2) is 0 Å². The van der Waals surface area contributed by atoms with Crippen molar-refractivity contribution in [2.75, 3.05) is 19.6 Å². The third-order valence-electron chi connectivity index (χ3n) is 3.06. The van der Waals surface area contributed by atoms with E-state index in [2.05, 4.69) is 0 Å². The fourth-order valence-corrected chi connectivity index (χ4v) is 2.19. The second kappa shape index (κ2) is 5.19. The number of carbonyl (C=O) groups is 1. The number of halogens is 2. The summed E-state index contributed by atoms with van der Waals surface area (Å²) in [6.07, 6.45) is 1.34. The predicted octanol–water partition coefficient (Wildman–Crippen LogP) is 2.49. The molecule has 15 heavy (non-hydrogen) atoms. The van der Waals surface area contributed by atoms with Gasteiger partial charge >= 0.3 is 5.97 Å². The molecule has 1 atom stereocenters. The van der Waals surface area contributed by atoms with Gasteiger partial charge in [0, 0.05) is 23.7 Å². The summed E-state index contributed by atoms with van der Waals surface area (Å²) in [7, 11) is 0. The molecule has 86 valence electrons. The summed E-state index contributed by atoms with van der Waals surface area (Å²) < 4.78 is 0. The van der Waals surface area contributed by atoms with Crippen LogP contribution in [0.15, 0.2) is 10.6 Å². The fourth-order valence-electron chi connectivity index (χ4n) is 1.96. The number of nitrogens with zero attached hydrogens (tertiary/aromatic N) is 1. The lowest BCUT2D eigenvalue weighted by Gasteiger charge is -2.22. The van der Waals surface area contributed by atoms with Crippen LogP contribution in [0.25, 0.3) is 0 Å². The van der Waals surface area contributed by atoms with Gasteiger partial charge in [-0.15, -0.1) is 0 Å². The van der Waals surface area contributed by atoms with E-state index in [9.17, 15) is 9.90 Å². The first-order valence-electron chi connectivity index (χ1n) is 4.94. The summed E-state index contributed by atoms with van der Waals surface area (Å²) in [4.78, 5) is 13.2. The highest BCUT2D eigenvalue weighted by Gasteiger charge is 2.43. The molecule has 1 fully saturated rings. The number of aliphatic carboxylic acids is 1. The van der Waals surface area contributed by atoms with Crippen molar-refractivity contribution in [3.8, 4) is 0 Å². The largest absolute Gasteiger partial charge is 0.481 e. The lowest BCUT2D eigenvalue weighted by Crippen LogP contribution is -2.34. The van der Waals surface area contributed by atoms with E-state index in [0.717, 1.165) is 6.54 Å². The molecular weight excluding hydrogens is 237 g/mol. The fraction of sp³-hybridized carbons (Fsp3) is 0.700. The number of likely N-dealkylation sites (tertiary alicyclic amines) is 1. The Hall–Kier alpha value is -0.250. The average molecular weight is 252 g/mol. The van der Waals surface area contributed by atoms with Gasteiger partial charge in [0.1, 0.15) is 0 Å². The van der Waals surface area contributed by atoms with E-state index < -0.39 is 11.4 Å². The van der Waals surface area contributed by atoms with Crippen molar-refractivity contribution in [1.29, 1.82) is 0 Å². The van der Waals surface area contributed by atoms with Crippen LogP contribution in [0.1, 0.15) is 19.8 Å². The van der Waals surface area contributed by atoms with Gasteiger partial charge in [-0.3, -0.25) is 9.69 Å². The Morgan fingerprint density at radius 1 is 1.67 bits per heavy atom. The molecule has 1 unspecified atom stereocenters. The number of rotatable bonds is 4. The van der Waals surface area contributed by atoms with Crippen molar-refractivity contribution in [3.63, 3.8) is 0 Å². The molecule has 0 aromatic heterocycles. The van der Waals surface area contributed by atoms with E-state index in [1.165, 1.54) is 5.54 Å². The molecule has 0 bridgehead atoms. The number of hydrogen-bond acceptors (Lipinski definition) is 2. The SMILES string of the molecule is CCC1(C(=O)O)CCN(CC(Cl)=CCl)C1.